The van der Waals surface area contributed by atoms with Gasteiger partial charge in [0.1, 0.15) is 0 Å². The van der Waals surface area contributed by atoms with Crippen molar-refractivity contribution >= 4 is 105 Å². The predicted octanol–water partition coefficient (Wildman–Crippen LogP) is 12.9. The SMILES string of the molecule is CC.CC.CC.CC.CC.CC.O=C1C=CC(=O)N1c1ccccc1.O=C1C=CC(=O)N1c1ccccc1.O=C1C=CC(=O)N1c1ccccc1.O=C1C=CC(=O)N1c1ccccc1.O=C1C=CC(=O)N1c1ccccc1.O=C1C=CC(=O)N1c1ccccc1. The third kappa shape index (κ3) is 22.8. The summed E-state index contributed by atoms with van der Waals surface area (Å²) in [7, 11) is 0. The van der Waals surface area contributed by atoms with Gasteiger partial charge in [0.15, 0.2) is 0 Å². The zero-order valence-corrected chi connectivity index (χ0v) is 52.8. The summed E-state index contributed by atoms with van der Waals surface area (Å²) >= 11 is 0. The maximum absolute atomic E-state index is 11.2. The molecule has 12 rings (SSSR count). The molecule has 6 aromatic rings. The van der Waals surface area contributed by atoms with Gasteiger partial charge in [-0.3, -0.25) is 57.5 Å². The Balaban J connectivity index is 0.000000522. The van der Waals surface area contributed by atoms with Crippen LogP contribution in [0.25, 0.3) is 0 Å². The number of benzene rings is 6. The molecule has 6 aliphatic heterocycles. The molecule has 18 heteroatoms. The lowest BCUT2D eigenvalue weighted by atomic mass is 10.3. The van der Waals surface area contributed by atoms with Crippen LogP contribution in [0.2, 0.25) is 0 Å². The van der Waals surface area contributed by atoms with Crippen LogP contribution >= 0.6 is 0 Å². The number of carbonyl (C=O) groups excluding carboxylic acids is 12. The third-order valence-electron chi connectivity index (χ3n) is 10.9. The summed E-state index contributed by atoms with van der Waals surface area (Å²) in [6.45, 7) is 24.0. The molecule has 0 aromatic heterocycles. The Labute approximate surface area is 527 Å². The second-order valence-electron chi connectivity index (χ2n) is 16.1. The van der Waals surface area contributed by atoms with Crippen LogP contribution in [0.4, 0.5) is 34.1 Å². The Morgan fingerprint density at radius 2 is 0.222 bits per heavy atom. The Bertz CT molecular complexity index is 2780. The fourth-order valence-corrected chi connectivity index (χ4v) is 7.39. The maximum Gasteiger partial charge on any atom is 0.258 e. The van der Waals surface area contributed by atoms with E-state index in [9.17, 15) is 57.5 Å². The summed E-state index contributed by atoms with van der Waals surface area (Å²) in [5.74, 6) is -3.38. The van der Waals surface area contributed by atoms with Crippen LogP contribution in [0.1, 0.15) is 83.1 Å². The minimum atomic E-state index is -0.281. The van der Waals surface area contributed by atoms with E-state index in [2.05, 4.69) is 0 Å². The molecule has 90 heavy (non-hydrogen) atoms. The fourth-order valence-electron chi connectivity index (χ4n) is 7.39. The third-order valence-corrected chi connectivity index (χ3v) is 10.9. The summed E-state index contributed by atoms with van der Waals surface area (Å²) in [6.07, 6.45) is 15.3. The molecule has 6 aromatic carbocycles. The molecule has 0 fully saturated rings. The van der Waals surface area contributed by atoms with E-state index >= 15 is 0 Å². The minimum Gasteiger partial charge on any atom is -0.269 e. The fraction of sp³-hybridized carbons (Fsp3) is 0.167. The summed E-state index contributed by atoms with van der Waals surface area (Å²) in [5.41, 5.74) is 3.68. The lowest BCUT2D eigenvalue weighted by Gasteiger charge is -2.12. The average molecular weight is 1220 g/mol. The second-order valence-corrected chi connectivity index (χ2v) is 16.1. The molecule has 0 saturated heterocycles. The molecule has 0 unspecified atom stereocenters. The number of hydrogen-bond donors (Lipinski definition) is 0. The first-order valence-corrected chi connectivity index (χ1v) is 29.4. The molecule has 18 nitrogen and oxygen atoms in total. The topological polar surface area (TPSA) is 224 Å². The van der Waals surface area contributed by atoms with Gasteiger partial charge in [0.25, 0.3) is 70.9 Å². The molecule has 0 radical (unpaired) electrons. The second kappa shape index (κ2) is 43.3. The van der Waals surface area contributed by atoms with Crippen LogP contribution in [0, 0.1) is 0 Å². The van der Waals surface area contributed by atoms with Crippen molar-refractivity contribution in [3.8, 4) is 0 Å². The van der Waals surface area contributed by atoms with Crippen LogP contribution in [0.3, 0.4) is 0 Å². The van der Waals surface area contributed by atoms with E-state index in [0.29, 0.717) is 34.1 Å². The quantitative estimate of drug-likeness (QED) is 0.142. The van der Waals surface area contributed by atoms with Gasteiger partial charge in [0.05, 0.1) is 34.1 Å². The first-order valence-electron chi connectivity index (χ1n) is 29.4. The molecule has 12 amide bonds. The van der Waals surface area contributed by atoms with Crippen molar-refractivity contribution in [2.45, 2.75) is 83.1 Å². The maximum atomic E-state index is 11.2. The van der Waals surface area contributed by atoms with Gasteiger partial charge >= 0.3 is 0 Å². The van der Waals surface area contributed by atoms with Crippen LogP contribution in [0.5, 0.6) is 0 Å². The highest BCUT2D eigenvalue weighted by Gasteiger charge is 2.28. The first kappa shape index (κ1) is 76.6. The van der Waals surface area contributed by atoms with Crippen molar-refractivity contribution in [2.24, 2.45) is 0 Å². The molecule has 6 aliphatic rings. The van der Waals surface area contributed by atoms with E-state index in [4.69, 9.17) is 0 Å². The average Bonchev–Trinajstić information content (AvgIpc) is 2.55. The standard InChI is InChI=1S/6C10H7NO2.6C2H6/c6*12-9-6-7-10(13)11(9)8-4-2-1-3-5-8;6*1-2/h6*1-7H;6*1-2H3. The van der Waals surface area contributed by atoms with E-state index in [-0.39, 0.29) is 70.9 Å². The van der Waals surface area contributed by atoms with E-state index in [0.717, 1.165) is 29.4 Å². The number of para-hydroxylation sites is 6. The molecule has 6 heterocycles. The molecule has 0 atom stereocenters. The van der Waals surface area contributed by atoms with Crippen LogP contribution in [-0.2, 0) is 57.5 Å². The lowest BCUT2D eigenvalue weighted by Crippen LogP contribution is -2.29. The van der Waals surface area contributed by atoms with Crippen molar-refractivity contribution in [3.05, 3.63) is 255 Å². The van der Waals surface area contributed by atoms with E-state index in [1.165, 1.54) is 72.9 Å². The highest BCUT2D eigenvalue weighted by Crippen LogP contribution is 2.22. The van der Waals surface area contributed by atoms with Crippen molar-refractivity contribution in [3.63, 3.8) is 0 Å². The van der Waals surface area contributed by atoms with Gasteiger partial charge in [-0.1, -0.05) is 192 Å². The molecule has 0 N–H and O–H groups in total. The Morgan fingerprint density at radius 1 is 0.144 bits per heavy atom. The van der Waals surface area contributed by atoms with Gasteiger partial charge in [0.2, 0.25) is 0 Å². The molecule has 0 aliphatic carbocycles. The number of imide groups is 6. The van der Waals surface area contributed by atoms with Crippen molar-refractivity contribution in [1.82, 2.24) is 0 Å². The van der Waals surface area contributed by atoms with E-state index in [1.807, 2.05) is 119 Å². The molecular weight excluding hydrogens is 1140 g/mol. The first-order chi connectivity index (χ1) is 43.7. The van der Waals surface area contributed by atoms with Gasteiger partial charge in [-0.05, 0) is 72.8 Å². The van der Waals surface area contributed by atoms with Crippen molar-refractivity contribution in [2.75, 3.05) is 29.4 Å². The number of rotatable bonds is 6. The van der Waals surface area contributed by atoms with E-state index < -0.39 is 0 Å². The van der Waals surface area contributed by atoms with Gasteiger partial charge in [0, 0.05) is 72.9 Å². The van der Waals surface area contributed by atoms with Gasteiger partial charge in [-0.25, -0.2) is 29.4 Å². The van der Waals surface area contributed by atoms with Crippen LogP contribution in [-0.4, -0.2) is 70.9 Å². The Hall–Kier alpha value is -11.4. The Kier molecular flexibility index (Phi) is 36.8. The smallest absolute Gasteiger partial charge is 0.258 e. The summed E-state index contributed by atoms with van der Waals surface area (Å²) in [6, 6.07) is 53.1. The normalized spacial score (nSPS) is 13.9. The minimum absolute atomic E-state index is 0.281. The molecule has 0 bridgehead atoms. The summed E-state index contributed by atoms with van der Waals surface area (Å²) in [5, 5.41) is 0. The molecule has 0 spiro atoms. The zero-order chi connectivity index (χ0) is 67.6. The highest BCUT2D eigenvalue weighted by molar-refractivity contribution is 6.31. The van der Waals surface area contributed by atoms with Crippen molar-refractivity contribution in [1.29, 1.82) is 0 Å². The molecular formula is C72H78N6O12. The number of amides is 12. The summed E-state index contributed by atoms with van der Waals surface area (Å²) < 4.78 is 0. The number of carbonyl (C=O) groups is 12. The van der Waals surface area contributed by atoms with Crippen molar-refractivity contribution < 1.29 is 57.5 Å². The summed E-state index contributed by atoms with van der Waals surface area (Å²) in [4.78, 5) is 141. The largest absolute Gasteiger partial charge is 0.269 e. The number of hydrogen-bond acceptors (Lipinski definition) is 12. The zero-order valence-electron chi connectivity index (χ0n) is 52.8. The molecule has 468 valence electrons. The van der Waals surface area contributed by atoms with Crippen LogP contribution < -0.4 is 29.4 Å². The van der Waals surface area contributed by atoms with E-state index in [1.54, 1.807) is 146 Å². The van der Waals surface area contributed by atoms with Crippen LogP contribution in [0.15, 0.2) is 255 Å². The molecule has 0 saturated carbocycles. The van der Waals surface area contributed by atoms with Gasteiger partial charge < -0.3 is 0 Å². The highest BCUT2D eigenvalue weighted by atomic mass is 16.2. The monoisotopic (exact) mass is 1220 g/mol. The van der Waals surface area contributed by atoms with Gasteiger partial charge in [-0.2, -0.15) is 0 Å². The number of anilines is 6. The predicted molar refractivity (Wildman–Crippen MR) is 357 cm³/mol. The Morgan fingerprint density at radius 3 is 0.300 bits per heavy atom. The number of nitrogens with zero attached hydrogens (tertiary/aromatic N) is 6. The van der Waals surface area contributed by atoms with Gasteiger partial charge in [-0.15, -0.1) is 0 Å². The lowest BCUT2D eigenvalue weighted by molar-refractivity contribution is -0.121.